The van der Waals surface area contributed by atoms with Crippen LogP contribution in [0.3, 0.4) is 0 Å². The highest BCUT2D eigenvalue weighted by atomic mass is 19.4. The highest BCUT2D eigenvalue weighted by Crippen LogP contribution is 2.14. The molecule has 0 fully saturated rings. The summed E-state index contributed by atoms with van der Waals surface area (Å²) in [6.07, 6.45) is -4.56. The molecule has 2 N–H and O–H groups in total. The van der Waals surface area contributed by atoms with Crippen molar-refractivity contribution in [2.75, 3.05) is 6.61 Å². The predicted molar refractivity (Wildman–Crippen MR) is 61.8 cm³/mol. The topological polar surface area (TPSA) is 84.1 Å². The van der Waals surface area contributed by atoms with Crippen molar-refractivity contribution in [1.29, 1.82) is 0 Å². The average Bonchev–Trinajstić information content (AvgIpc) is 2.38. The number of aromatic nitrogens is 2. The number of hydrogen-bond acceptors (Lipinski definition) is 4. The van der Waals surface area contributed by atoms with Crippen LogP contribution in [0.4, 0.5) is 13.2 Å². The third-order valence-electron chi connectivity index (χ3n) is 2.31. The van der Waals surface area contributed by atoms with Gasteiger partial charge in [-0.2, -0.15) is 18.3 Å². The lowest BCUT2D eigenvalue weighted by Crippen LogP contribution is -2.31. The third kappa shape index (κ3) is 3.12. The van der Waals surface area contributed by atoms with E-state index in [0.29, 0.717) is 0 Å². The first-order valence-corrected chi connectivity index (χ1v) is 5.35. The Bertz CT molecular complexity index is 696. The van der Waals surface area contributed by atoms with Gasteiger partial charge < -0.3 is 0 Å². The molecule has 9 heteroatoms. The van der Waals surface area contributed by atoms with Crippen LogP contribution in [0.1, 0.15) is 10.5 Å². The number of alkyl halides is 3. The smallest absolute Gasteiger partial charge is 0.267 e. The monoisotopic (exact) mass is 287 g/mol. The van der Waals surface area contributed by atoms with Crippen LogP contribution in [0.2, 0.25) is 0 Å². The molecule has 0 aliphatic carbocycles. The van der Waals surface area contributed by atoms with Crippen LogP contribution in [0, 0.1) is 0 Å². The summed E-state index contributed by atoms with van der Waals surface area (Å²) in [4.78, 5) is 27.2. The number of amides is 1. The van der Waals surface area contributed by atoms with Gasteiger partial charge in [-0.05, 0) is 6.07 Å². The Hall–Kier alpha value is -2.42. The summed E-state index contributed by atoms with van der Waals surface area (Å²) < 4.78 is 35.6. The Kier molecular flexibility index (Phi) is 3.70. The van der Waals surface area contributed by atoms with Crippen molar-refractivity contribution in [3.05, 3.63) is 40.3 Å². The molecular weight excluding hydrogens is 279 g/mol. The van der Waals surface area contributed by atoms with Gasteiger partial charge in [0.2, 0.25) is 0 Å². The fraction of sp³-hybridized carbons (Fsp3) is 0.182. The quantitative estimate of drug-likeness (QED) is 0.829. The molecule has 0 bridgehead atoms. The summed E-state index contributed by atoms with van der Waals surface area (Å²) in [6.45, 7) is -1.62. The SMILES string of the molecule is O=C(NOCC(F)(F)F)c1n[nH]c(=O)c2ccccc12. The molecule has 0 spiro atoms. The average molecular weight is 287 g/mol. The zero-order valence-corrected chi connectivity index (χ0v) is 9.82. The predicted octanol–water partition coefficient (Wildman–Crippen LogP) is 1.15. The van der Waals surface area contributed by atoms with Gasteiger partial charge in [0, 0.05) is 5.39 Å². The van der Waals surface area contributed by atoms with Gasteiger partial charge in [-0.15, -0.1) is 0 Å². The van der Waals surface area contributed by atoms with E-state index in [9.17, 15) is 22.8 Å². The number of halogens is 3. The summed E-state index contributed by atoms with van der Waals surface area (Å²) in [5, 5.41) is 6.01. The maximum absolute atomic E-state index is 11.9. The van der Waals surface area contributed by atoms with Gasteiger partial charge in [-0.25, -0.2) is 10.6 Å². The number of fused-ring (bicyclic) bond motifs is 1. The Balaban J connectivity index is 2.23. The first-order valence-electron chi connectivity index (χ1n) is 5.35. The van der Waals surface area contributed by atoms with Gasteiger partial charge in [0.15, 0.2) is 12.3 Å². The van der Waals surface area contributed by atoms with Gasteiger partial charge in [0.1, 0.15) is 0 Å². The number of nitrogens with zero attached hydrogens (tertiary/aromatic N) is 1. The number of hydrogen-bond donors (Lipinski definition) is 2. The summed E-state index contributed by atoms with van der Waals surface area (Å²) in [6, 6.07) is 6.07. The molecule has 0 saturated carbocycles. The minimum Gasteiger partial charge on any atom is -0.267 e. The summed E-state index contributed by atoms with van der Waals surface area (Å²) in [5.41, 5.74) is 0.884. The number of benzene rings is 1. The number of carbonyl (C=O) groups is 1. The van der Waals surface area contributed by atoms with Crippen molar-refractivity contribution < 1.29 is 22.8 Å². The molecule has 2 rings (SSSR count). The molecule has 0 radical (unpaired) electrons. The largest absolute Gasteiger partial charge is 0.414 e. The van der Waals surface area contributed by atoms with Crippen molar-refractivity contribution in [3.63, 3.8) is 0 Å². The summed E-state index contributed by atoms with van der Waals surface area (Å²) >= 11 is 0. The van der Waals surface area contributed by atoms with E-state index in [1.807, 2.05) is 0 Å². The molecule has 0 aliphatic rings. The molecule has 0 unspecified atom stereocenters. The molecule has 1 heterocycles. The molecular formula is C11H8F3N3O3. The van der Waals surface area contributed by atoms with Crippen LogP contribution < -0.4 is 11.0 Å². The van der Waals surface area contributed by atoms with E-state index in [4.69, 9.17) is 0 Å². The first kappa shape index (κ1) is 14.0. The maximum Gasteiger partial charge on any atom is 0.414 e. The van der Waals surface area contributed by atoms with Crippen LogP contribution in [0.15, 0.2) is 29.1 Å². The number of aromatic amines is 1. The zero-order valence-electron chi connectivity index (χ0n) is 9.82. The van der Waals surface area contributed by atoms with E-state index in [-0.39, 0.29) is 16.5 Å². The van der Waals surface area contributed by atoms with Crippen LogP contribution in [0.5, 0.6) is 0 Å². The lowest BCUT2D eigenvalue weighted by atomic mass is 10.1. The Morgan fingerprint density at radius 1 is 1.30 bits per heavy atom. The van der Waals surface area contributed by atoms with Crippen molar-refractivity contribution in [3.8, 4) is 0 Å². The number of carbonyl (C=O) groups excluding carboxylic acids is 1. The van der Waals surface area contributed by atoms with E-state index in [1.165, 1.54) is 12.1 Å². The number of hydroxylamine groups is 1. The van der Waals surface area contributed by atoms with E-state index in [1.54, 1.807) is 17.6 Å². The number of H-pyrrole nitrogens is 1. The third-order valence-corrected chi connectivity index (χ3v) is 2.31. The van der Waals surface area contributed by atoms with Crippen LogP contribution in [0.25, 0.3) is 10.8 Å². The number of rotatable bonds is 3. The van der Waals surface area contributed by atoms with Crippen LogP contribution in [-0.2, 0) is 4.84 Å². The molecule has 1 aromatic carbocycles. The Labute approximate surface area is 109 Å². The van der Waals surface area contributed by atoms with Crippen LogP contribution >= 0.6 is 0 Å². The molecule has 1 aromatic heterocycles. The van der Waals surface area contributed by atoms with Crippen molar-refractivity contribution in [1.82, 2.24) is 15.7 Å². The van der Waals surface area contributed by atoms with Gasteiger partial charge in [-0.1, -0.05) is 18.2 Å². The molecule has 1 amide bonds. The van der Waals surface area contributed by atoms with Crippen molar-refractivity contribution >= 4 is 16.7 Å². The second-order valence-electron chi connectivity index (χ2n) is 3.78. The van der Waals surface area contributed by atoms with E-state index >= 15 is 0 Å². The van der Waals surface area contributed by atoms with Gasteiger partial charge in [0.05, 0.1) is 5.39 Å². The molecule has 6 nitrogen and oxygen atoms in total. The van der Waals surface area contributed by atoms with Crippen molar-refractivity contribution in [2.45, 2.75) is 6.18 Å². The summed E-state index contributed by atoms with van der Waals surface area (Å²) in [5.74, 6) is -0.985. The normalized spacial score (nSPS) is 11.6. The molecule has 20 heavy (non-hydrogen) atoms. The fourth-order valence-electron chi connectivity index (χ4n) is 1.52. The summed E-state index contributed by atoms with van der Waals surface area (Å²) in [7, 11) is 0. The molecule has 0 saturated heterocycles. The Morgan fingerprint density at radius 2 is 1.95 bits per heavy atom. The Morgan fingerprint density at radius 3 is 2.60 bits per heavy atom. The standard InChI is InChI=1S/C11H8F3N3O3/c12-11(13,14)5-20-17-10(19)8-6-3-1-2-4-7(6)9(18)16-15-8/h1-4H,5H2,(H,16,18)(H,17,19). The minimum absolute atomic E-state index is 0.198. The highest BCUT2D eigenvalue weighted by molar-refractivity contribution is 6.04. The van der Waals surface area contributed by atoms with Gasteiger partial charge >= 0.3 is 6.18 Å². The van der Waals surface area contributed by atoms with Gasteiger partial charge in [0.25, 0.3) is 11.5 Å². The second kappa shape index (κ2) is 5.29. The highest BCUT2D eigenvalue weighted by Gasteiger charge is 2.28. The first-order chi connectivity index (χ1) is 9.38. The molecule has 0 atom stereocenters. The lowest BCUT2D eigenvalue weighted by molar-refractivity contribution is -0.184. The van der Waals surface area contributed by atoms with Gasteiger partial charge in [-0.3, -0.25) is 14.4 Å². The lowest BCUT2D eigenvalue weighted by Gasteiger charge is -2.08. The van der Waals surface area contributed by atoms with Crippen LogP contribution in [-0.4, -0.2) is 28.9 Å². The molecule has 106 valence electrons. The minimum atomic E-state index is -4.56. The molecule has 2 aromatic rings. The van der Waals surface area contributed by atoms with E-state index in [2.05, 4.69) is 15.0 Å². The van der Waals surface area contributed by atoms with E-state index in [0.717, 1.165) is 0 Å². The zero-order chi connectivity index (χ0) is 14.8. The number of nitrogens with one attached hydrogen (secondary N) is 2. The van der Waals surface area contributed by atoms with E-state index < -0.39 is 24.2 Å². The van der Waals surface area contributed by atoms with Crippen molar-refractivity contribution in [2.24, 2.45) is 0 Å². The molecule has 0 aliphatic heterocycles. The fourth-order valence-corrected chi connectivity index (χ4v) is 1.52. The second-order valence-corrected chi connectivity index (χ2v) is 3.78. The maximum atomic E-state index is 11.9.